The van der Waals surface area contributed by atoms with Gasteiger partial charge in [0.25, 0.3) is 0 Å². The average Bonchev–Trinajstić information content (AvgIpc) is 2.45. The minimum absolute atomic E-state index is 0.150. The lowest BCUT2D eigenvalue weighted by Gasteiger charge is -2.06. The number of benzene rings is 2. The van der Waals surface area contributed by atoms with Crippen LogP contribution in [-0.4, -0.2) is 11.8 Å². The fourth-order valence-electron chi connectivity index (χ4n) is 2.01. The Morgan fingerprint density at radius 1 is 0.955 bits per heavy atom. The first kappa shape index (κ1) is 15.5. The summed E-state index contributed by atoms with van der Waals surface area (Å²) in [5, 5.41) is 5.44. The Kier molecular flexibility index (Phi) is 5.09. The lowest BCUT2D eigenvalue weighted by atomic mass is 10.1. The van der Waals surface area contributed by atoms with Crippen molar-refractivity contribution < 1.29 is 9.59 Å². The van der Waals surface area contributed by atoms with Gasteiger partial charge in [-0.1, -0.05) is 35.9 Å². The number of carbonyl (C=O) groups is 2. The van der Waals surface area contributed by atoms with Crippen molar-refractivity contribution in [2.24, 2.45) is 0 Å². The van der Waals surface area contributed by atoms with E-state index in [0.717, 1.165) is 11.1 Å². The van der Waals surface area contributed by atoms with E-state index in [2.05, 4.69) is 10.6 Å². The summed E-state index contributed by atoms with van der Waals surface area (Å²) >= 11 is 0. The van der Waals surface area contributed by atoms with Crippen LogP contribution in [0.15, 0.2) is 54.6 Å². The first-order valence-corrected chi connectivity index (χ1v) is 6.96. The Bertz CT molecular complexity index is 721. The third kappa shape index (κ3) is 4.90. The van der Waals surface area contributed by atoms with Crippen LogP contribution in [0.4, 0.5) is 11.4 Å². The molecule has 0 aliphatic carbocycles. The molecule has 4 nitrogen and oxygen atoms in total. The van der Waals surface area contributed by atoms with Gasteiger partial charge in [-0.05, 0) is 36.8 Å². The summed E-state index contributed by atoms with van der Waals surface area (Å²) in [6, 6.07) is 14.9. The summed E-state index contributed by atoms with van der Waals surface area (Å²) in [7, 11) is 0. The Morgan fingerprint density at radius 3 is 2.32 bits per heavy atom. The SMILES string of the molecule is CC(=O)Nc1cccc(NC(=O)/C=C/c2cccc(C)c2)c1. The summed E-state index contributed by atoms with van der Waals surface area (Å²) in [5.41, 5.74) is 3.39. The van der Waals surface area contributed by atoms with E-state index < -0.39 is 0 Å². The van der Waals surface area contributed by atoms with Crippen molar-refractivity contribution in [3.05, 3.63) is 65.7 Å². The predicted octanol–water partition coefficient (Wildman–Crippen LogP) is 3.61. The van der Waals surface area contributed by atoms with E-state index in [-0.39, 0.29) is 11.8 Å². The molecule has 0 fully saturated rings. The van der Waals surface area contributed by atoms with E-state index >= 15 is 0 Å². The second kappa shape index (κ2) is 7.22. The Labute approximate surface area is 129 Å². The molecule has 0 aliphatic rings. The van der Waals surface area contributed by atoms with Gasteiger partial charge in [0, 0.05) is 24.4 Å². The molecule has 0 radical (unpaired) electrons. The Hall–Kier alpha value is -2.88. The van der Waals surface area contributed by atoms with Crippen LogP contribution in [0.5, 0.6) is 0 Å². The van der Waals surface area contributed by atoms with Crippen molar-refractivity contribution in [3.63, 3.8) is 0 Å². The van der Waals surface area contributed by atoms with Gasteiger partial charge >= 0.3 is 0 Å². The molecule has 0 aliphatic heterocycles. The minimum atomic E-state index is -0.221. The Balaban J connectivity index is 2.01. The molecule has 0 saturated heterocycles. The smallest absolute Gasteiger partial charge is 0.248 e. The van der Waals surface area contributed by atoms with Gasteiger partial charge in [0.1, 0.15) is 0 Å². The second-order valence-corrected chi connectivity index (χ2v) is 5.00. The van der Waals surface area contributed by atoms with Crippen LogP contribution in [0, 0.1) is 6.92 Å². The van der Waals surface area contributed by atoms with Crippen molar-refractivity contribution in [3.8, 4) is 0 Å². The molecular formula is C18H18N2O2. The van der Waals surface area contributed by atoms with Crippen molar-refractivity contribution >= 4 is 29.3 Å². The lowest BCUT2D eigenvalue weighted by molar-refractivity contribution is -0.114. The van der Waals surface area contributed by atoms with Gasteiger partial charge in [0.15, 0.2) is 0 Å². The van der Waals surface area contributed by atoms with E-state index in [1.54, 1.807) is 30.3 Å². The zero-order valence-corrected chi connectivity index (χ0v) is 12.6. The molecule has 2 aromatic rings. The molecule has 22 heavy (non-hydrogen) atoms. The highest BCUT2D eigenvalue weighted by Crippen LogP contribution is 2.15. The van der Waals surface area contributed by atoms with Crippen LogP contribution < -0.4 is 10.6 Å². The number of nitrogens with one attached hydrogen (secondary N) is 2. The molecule has 2 aromatic carbocycles. The number of rotatable bonds is 4. The molecule has 112 valence electrons. The fourth-order valence-corrected chi connectivity index (χ4v) is 2.01. The van der Waals surface area contributed by atoms with Gasteiger partial charge in [-0.2, -0.15) is 0 Å². The molecule has 2 amide bonds. The second-order valence-electron chi connectivity index (χ2n) is 5.00. The molecular weight excluding hydrogens is 276 g/mol. The molecule has 0 aromatic heterocycles. The fraction of sp³-hybridized carbons (Fsp3) is 0.111. The zero-order chi connectivity index (χ0) is 15.9. The average molecular weight is 294 g/mol. The molecule has 0 unspecified atom stereocenters. The van der Waals surface area contributed by atoms with Gasteiger partial charge < -0.3 is 10.6 Å². The highest BCUT2D eigenvalue weighted by Gasteiger charge is 2.00. The molecule has 2 N–H and O–H groups in total. The van der Waals surface area contributed by atoms with Gasteiger partial charge in [-0.3, -0.25) is 9.59 Å². The number of aryl methyl sites for hydroxylation is 1. The van der Waals surface area contributed by atoms with E-state index in [1.165, 1.54) is 13.0 Å². The van der Waals surface area contributed by atoms with Crippen molar-refractivity contribution in [2.75, 3.05) is 10.6 Å². The minimum Gasteiger partial charge on any atom is -0.326 e. The van der Waals surface area contributed by atoms with Crippen LogP contribution in [0.1, 0.15) is 18.1 Å². The molecule has 0 spiro atoms. The summed E-state index contributed by atoms with van der Waals surface area (Å²) < 4.78 is 0. The lowest BCUT2D eigenvalue weighted by Crippen LogP contribution is -2.09. The predicted molar refractivity (Wildman–Crippen MR) is 89.6 cm³/mol. The topological polar surface area (TPSA) is 58.2 Å². The maximum absolute atomic E-state index is 11.9. The maximum Gasteiger partial charge on any atom is 0.248 e. The first-order chi connectivity index (χ1) is 10.5. The van der Waals surface area contributed by atoms with Crippen LogP contribution in [-0.2, 0) is 9.59 Å². The third-order valence-corrected chi connectivity index (χ3v) is 2.92. The number of hydrogen-bond donors (Lipinski definition) is 2. The number of amides is 2. The molecule has 0 heterocycles. The van der Waals surface area contributed by atoms with Crippen LogP contribution in [0.3, 0.4) is 0 Å². The van der Waals surface area contributed by atoms with Crippen LogP contribution in [0.2, 0.25) is 0 Å². The number of hydrogen-bond acceptors (Lipinski definition) is 2. The normalized spacial score (nSPS) is 10.5. The number of carbonyl (C=O) groups excluding carboxylic acids is 2. The van der Waals surface area contributed by atoms with E-state index in [0.29, 0.717) is 11.4 Å². The van der Waals surface area contributed by atoms with Crippen molar-refractivity contribution in [1.29, 1.82) is 0 Å². The molecule has 0 bridgehead atoms. The van der Waals surface area contributed by atoms with Gasteiger partial charge in [-0.15, -0.1) is 0 Å². The summed E-state index contributed by atoms with van der Waals surface area (Å²) in [5.74, 6) is -0.371. The Morgan fingerprint density at radius 2 is 1.64 bits per heavy atom. The summed E-state index contributed by atoms with van der Waals surface area (Å²) in [6.45, 7) is 3.45. The van der Waals surface area contributed by atoms with Crippen molar-refractivity contribution in [1.82, 2.24) is 0 Å². The maximum atomic E-state index is 11.9. The molecule has 0 saturated carbocycles. The van der Waals surface area contributed by atoms with Gasteiger partial charge in [-0.25, -0.2) is 0 Å². The number of anilines is 2. The molecule has 4 heteroatoms. The van der Waals surface area contributed by atoms with Crippen LogP contribution in [0.25, 0.3) is 6.08 Å². The highest BCUT2D eigenvalue weighted by molar-refractivity contribution is 6.02. The summed E-state index contributed by atoms with van der Waals surface area (Å²) in [4.78, 5) is 22.9. The molecule has 2 rings (SSSR count). The van der Waals surface area contributed by atoms with Crippen molar-refractivity contribution in [2.45, 2.75) is 13.8 Å². The first-order valence-electron chi connectivity index (χ1n) is 6.96. The standard InChI is InChI=1S/C18H18N2O2/c1-13-5-3-6-15(11-13)9-10-18(22)20-17-8-4-7-16(12-17)19-14(2)21/h3-12H,1-2H3,(H,19,21)(H,20,22)/b10-9+. The zero-order valence-electron chi connectivity index (χ0n) is 12.6. The highest BCUT2D eigenvalue weighted by atomic mass is 16.2. The van der Waals surface area contributed by atoms with Gasteiger partial charge in [0.2, 0.25) is 11.8 Å². The largest absolute Gasteiger partial charge is 0.326 e. The summed E-state index contributed by atoms with van der Waals surface area (Å²) in [6.07, 6.45) is 3.25. The van der Waals surface area contributed by atoms with Crippen LogP contribution >= 0.6 is 0 Å². The van der Waals surface area contributed by atoms with Gasteiger partial charge in [0.05, 0.1) is 0 Å². The van der Waals surface area contributed by atoms with E-state index in [9.17, 15) is 9.59 Å². The van der Waals surface area contributed by atoms with E-state index in [4.69, 9.17) is 0 Å². The third-order valence-electron chi connectivity index (χ3n) is 2.92. The monoisotopic (exact) mass is 294 g/mol. The molecule has 0 atom stereocenters. The van der Waals surface area contributed by atoms with E-state index in [1.807, 2.05) is 31.2 Å². The quantitative estimate of drug-likeness (QED) is 0.846.